The van der Waals surface area contributed by atoms with Crippen molar-refractivity contribution in [2.75, 3.05) is 13.6 Å². The molecule has 0 atom stereocenters. The number of halogens is 3. The van der Waals surface area contributed by atoms with Crippen molar-refractivity contribution in [3.05, 3.63) is 12.1 Å². The molecule has 1 aliphatic carbocycles. The van der Waals surface area contributed by atoms with Gasteiger partial charge in [0.2, 0.25) is 0 Å². The molecule has 0 aromatic heterocycles. The summed E-state index contributed by atoms with van der Waals surface area (Å²) in [6, 6.07) is 0.314. The third kappa shape index (κ3) is 3.90. The van der Waals surface area contributed by atoms with E-state index in [1.165, 1.54) is 6.42 Å². The van der Waals surface area contributed by atoms with Gasteiger partial charge in [0.25, 0.3) is 0 Å². The summed E-state index contributed by atoms with van der Waals surface area (Å²) in [5, 5.41) is 0. The van der Waals surface area contributed by atoms with Gasteiger partial charge in [0.15, 0.2) is 0 Å². The van der Waals surface area contributed by atoms with Gasteiger partial charge in [0.1, 0.15) is 0 Å². The average molecular weight is 220 g/mol. The van der Waals surface area contributed by atoms with Crippen molar-refractivity contribution in [2.45, 2.75) is 38.1 Å². The van der Waals surface area contributed by atoms with E-state index in [9.17, 15) is 12.9 Å². The largest absolute Gasteiger partial charge is 0.506 e. The molecule has 0 aliphatic heterocycles. The summed E-state index contributed by atoms with van der Waals surface area (Å²) in [4.78, 5) is 1.80. The van der Waals surface area contributed by atoms with Crippen LogP contribution in [0.1, 0.15) is 32.1 Å². The van der Waals surface area contributed by atoms with Gasteiger partial charge >= 0.3 is 6.98 Å². The van der Waals surface area contributed by atoms with E-state index >= 15 is 0 Å². The van der Waals surface area contributed by atoms with E-state index < -0.39 is 12.4 Å². The molecule has 0 N–H and O–H groups in total. The lowest BCUT2D eigenvalue weighted by atomic mass is 9.79. The van der Waals surface area contributed by atoms with Gasteiger partial charge in [-0.3, -0.25) is 0 Å². The van der Waals surface area contributed by atoms with E-state index in [0.717, 1.165) is 25.7 Å². The van der Waals surface area contributed by atoms with Crippen LogP contribution in [0.2, 0.25) is 0 Å². The molecule has 5 heteroatoms. The number of hydrogen-bond donors (Lipinski definition) is 0. The van der Waals surface area contributed by atoms with Crippen LogP contribution >= 0.6 is 0 Å². The third-order valence-corrected chi connectivity index (χ3v) is 3.11. The molecular formula is C10H18BF3N-. The lowest BCUT2D eigenvalue weighted by Gasteiger charge is -2.33. The van der Waals surface area contributed by atoms with E-state index in [0.29, 0.717) is 6.04 Å². The minimum Gasteiger partial charge on any atom is -0.445 e. The molecule has 0 spiro atoms. The average Bonchev–Trinajstić information content (AvgIpc) is 2.17. The SMILES string of the molecule is C=C(CN(C)C1CCCCC1)[B-](F)(F)F. The second-order valence-electron chi connectivity index (χ2n) is 4.44. The van der Waals surface area contributed by atoms with Crippen molar-refractivity contribution in [3.63, 3.8) is 0 Å². The first-order chi connectivity index (χ1) is 6.91. The van der Waals surface area contributed by atoms with Crippen LogP contribution in [0.5, 0.6) is 0 Å². The van der Waals surface area contributed by atoms with Crippen molar-refractivity contribution in [1.82, 2.24) is 4.90 Å². The zero-order valence-corrected chi connectivity index (χ0v) is 9.19. The second kappa shape index (κ2) is 5.06. The Kier molecular flexibility index (Phi) is 4.26. The Morgan fingerprint density at radius 3 is 2.27 bits per heavy atom. The molecule has 0 bridgehead atoms. The smallest absolute Gasteiger partial charge is 0.445 e. The van der Waals surface area contributed by atoms with Crippen molar-refractivity contribution >= 4 is 6.98 Å². The first-order valence-corrected chi connectivity index (χ1v) is 5.49. The Bertz CT molecular complexity index is 221. The third-order valence-electron chi connectivity index (χ3n) is 3.11. The van der Waals surface area contributed by atoms with Crippen molar-refractivity contribution in [2.24, 2.45) is 0 Å². The summed E-state index contributed by atoms with van der Waals surface area (Å²) >= 11 is 0. The number of nitrogens with zero attached hydrogens (tertiary/aromatic N) is 1. The Morgan fingerprint density at radius 1 is 1.27 bits per heavy atom. The summed E-state index contributed by atoms with van der Waals surface area (Å²) in [5.74, 6) is 0. The van der Waals surface area contributed by atoms with Crippen LogP contribution in [0.4, 0.5) is 12.9 Å². The van der Waals surface area contributed by atoms with E-state index in [1.807, 2.05) is 0 Å². The summed E-state index contributed by atoms with van der Waals surface area (Å²) in [7, 11) is 1.77. The van der Waals surface area contributed by atoms with Crippen LogP contribution in [0, 0.1) is 0 Å². The van der Waals surface area contributed by atoms with Crippen LogP contribution in [-0.4, -0.2) is 31.5 Å². The van der Waals surface area contributed by atoms with Gasteiger partial charge in [-0.2, -0.15) is 0 Å². The lowest BCUT2D eigenvalue weighted by molar-refractivity contribution is 0.205. The molecule has 0 heterocycles. The monoisotopic (exact) mass is 220 g/mol. The van der Waals surface area contributed by atoms with Crippen LogP contribution in [0.25, 0.3) is 0 Å². The maximum atomic E-state index is 12.3. The summed E-state index contributed by atoms with van der Waals surface area (Å²) in [6.45, 7) is -1.78. The Morgan fingerprint density at radius 2 is 1.80 bits per heavy atom. The normalized spacial score (nSPS) is 19.5. The fraction of sp³-hybridized carbons (Fsp3) is 0.800. The highest BCUT2D eigenvalue weighted by Crippen LogP contribution is 2.24. The van der Waals surface area contributed by atoms with Crippen LogP contribution in [-0.2, 0) is 0 Å². The minimum absolute atomic E-state index is 0.0336. The van der Waals surface area contributed by atoms with Gasteiger partial charge in [0, 0.05) is 6.04 Å². The van der Waals surface area contributed by atoms with Gasteiger partial charge in [-0.1, -0.05) is 19.3 Å². The van der Waals surface area contributed by atoms with Crippen molar-refractivity contribution < 1.29 is 12.9 Å². The van der Waals surface area contributed by atoms with Crippen LogP contribution < -0.4 is 0 Å². The van der Waals surface area contributed by atoms with Gasteiger partial charge in [-0.25, -0.2) is 0 Å². The molecule has 1 rings (SSSR count). The molecule has 1 nitrogen and oxygen atoms in total. The predicted octanol–water partition coefficient (Wildman–Crippen LogP) is 3.19. The Hall–Kier alpha value is -0.445. The molecule has 0 amide bonds. The zero-order valence-electron chi connectivity index (χ0n) is 9.19. The second-order valence-corrected chi connectivity index (χ2v) is 4.44. The molecule has 1 aliphatic rings. The standard InChI is InChI=1S/C10H18BF3N/c1-9(11(12,13)14)8-15(2)10-6-4-3-5-7-10/h10H,1,3-8H2,2H3/q-1. The van der Waals surface area contributed by atoms with Crippen molar-refractivity contribution in [1.29, 1.82) is 0 Å². The Balaban J connectivity index is 2.40. The van der Waals surface area contributed by atoms with Crippen LogP contribution in [0.15, 0.2) is 12.1 Å². The maximum Gasteiger partial charge on any atom is 0.506 e. The number of rotatable bonds is 4. The highest BCUT2D eigenvalue weighted by Gasteiger charge is 2.28. The highest BCUT2D eigenvalue weighted by molar-refractivity contribution is 6.66. The summed E-state index contributed by atoms with van der Waals surface area (Å²) in [5.41, 5.74) is -0.580. The van der Waals surface area contributed by atoms with Crippen LogP contribution in [0.3, 0.4) is 0 Å². The predicted molar refractivity (Wildman–Crippen MR) is 57.7 cm³/mol. The van der Waals surface area contributed by atoms with Gasteiger partial charge < -0.3 is 17.8 Å². The summed E-state index contributed by atoms with van der Waals surface area (Å²) < 4.78 is 36.9. The molecular weight excluding hydrogens is 202 g/mol. The molecule has 0 unspecified atom stereocenters. The molecule has 0 saturated heterocycles. The number of hydrogen-bond acceptors (Lipinski definition) is 1. The first kappa shape index (κ1) is 12.6. The number of likely N-dealkylation sites (N-methyl/N-ethyl adjacent to an activating group) is 1. The first-order valence-electron chi connectivity index (χ1n) is 5.49. The van der Waals surface area contributed by atoms with Gasteiger partial charge in [-0.15, -0.1) is 12.1 Å². The molecule has 0 aromatic carbocycles. The fourth-order valence-electron chi connectivity index (χ4n) is 2.07. The van der Waals surface area contributed by atoms with E-state index in [4.69, 9.17) is 0 Å². The van der Waals surface area contributed by atoms with Gasteiger partial charge in [-0.05, 0) is 26.4 Å². The Labute approximate surface area is 89.4 Å². The van der Waals surface area contributed by atoms with E-state index in [2.05, 4.69) is 6.58 Å². The highest BCUT2D eigenvalue weighted by atomic mass is 19.4. The molecule has 1 fully saturated rings. The maximum absolute atomic E-state index is 12.3. The lowest BCUT2D eigenvalue weighted by Crippen LogP contribution is -2.38. The minimum atomic E-state index is -4.87. The fourth-order valence-corrected chi connectivity index (χ4v) is 2.07. The zero-order chi connectivity index (χ0) is 11.5. The molecule has 88 valence electrons. The summed E-state index contributed by atoms with van der Waals surface area (Å²) in [6.07, 6.45) is 5.54. The quantitative estimate of drug-likeness (QED) is 0.657. The molecule has 15 heavy (non-hydrogen) atoms. The van der Waals surface area contributed by atoms with Gasteiger partial charge in [0.05, 0.1) is 0 Å². The van der Waals surface area contributed by atoms with E-state index in [-0.39, 0.29) is 6.54 Å². The topological polar surface area (TPSA) is 3.24 Å². The van der Waals surface area contributed by atoms with Crippen molar-refractivity contribution in [3.8, 4) is 0 Å². The molecule has 0 radical (unpaired) electrons. The molecule has 0 aromatic rings. The molecule has 1 saturated carbocycles. The van der Waals surface area contributed by atoms with E-state index in [1.54, 1.807) is 11.9 Å².